The lowest BCUT2D eigenvalue weighted by atomic mass is 10.2. The molecule has 4 nitrogen and oxygen atoms in total. The van der Waals surface area contributed by atoms with E-state index in [1.165, 1.54) is 6.08 Å². The van der Waals surface area contributed by atoms with Gasteiger partial charge in [-0.15, -0.1) is 11.8 Å². The van der Waals surface area contributed by atoms with E-state index in [0.29, 0.717) is 29.1 Å². The number of rotatable bonds is 5. The van der Waals surface area contributed by atoms with Crippen LogP contribution in [0.15, 0.2) is 30.3 Å². The van der Waals surface area contributed by atoms with E-state index in [-0.39, 0.29) is 17.9 Å². The summed E-state index contributed by atoms with van der Waals surface area (Å²) in [6.07, 6.45) is 3.25. The van der Waals surface area contributed by atoms with Gasteiger partial charge in [0.15, 0.2) is 0 Å². The maximum atomic E-state index is 12.4. The molecule has 0 aromatic heterocycles. The highest BCUT2D eigenvalue weighted by Gasteiger charge is 2.33. The Balaban J connectivity index is 1.97. The van der Waals surface area contributed by atoms with Crippen molar-refractivity contribution in [1.29, 1.82) is 0 Å². The summed E-state index contributed by atoms with van der Waals surface area (Å²) in [5, 5.41) is 3.56. The van der Waals surface area contributed by atoms with Gasteiger partial charge in [-0.1, -0.05) is 37.6 Å². The van der Waals surface area contributed by atoms with Gasteiger partial charge in [-0.2, -0.15) is 0 Å². The Bertz CT molecular complexity index is 587. The molecule has 1 saturated heterocycles. The molecule has 0 bridgehead atoms. The highest BCUT2D eigenvalue weighted by atomic mass is 35.5. The lowest BCUT2D eigenvalue weighted by Gasteiger charge is -2.22. The number of nitrogens with zero attached hydrogens (tertiary/aromatic N) is 1. The third-order valence-electron chi connectivity index (χ3n) is 3.44. The monoisotopic (exact) mass is 352 g/mol. The largest absolute Gasteiger partial charge is 0.354 e. The average Bonchev–Trinajstić information content (AvgIpc) is 3.01. The molecule has 2 rings (SSSR count). The second-order valence-corrected chi connectivity index (χ2v) is 7.28. The number of hydrogen-bond acceptors (Lipinski definition) is 3. The van der Waals surface area contributed by atoms with Crippen molar-refractivity contribution in [2.75, 3.05) is 18.2 Å². The van der Waals surface area contributed by atoms with Crippen LogP contribution in [0.3, 0.4) is 0 Å². The van der Waals surface area contributed by atoms with Gasteiger partial charge in [0.1, 0.15) is 6.04 Å². The van der Waals surface area contributed by atoms with Gasteiger partial charge < -0.3 is 10.2 Å². The SMILES string of the molecule is CC(C)CNC(=O)C1CSCN1C(=O)/C=C/c1ccc(Cl)cc1. The Labute approximate surface area is 146 Å². The molecule has 23 heavy (non-hydrogen) atoms. The van der Waals surface area contributed by atoms with Gasteiger partial charge in [-0.05, 0) is 29.7 Å². The minimum Gasteiger partial charge on any atom is -0.354 e. The summed E-state index contributed by atoms with van der Waals surface area (Å²) in [6.45, 7) is 4.71. The zero-order valence-electron chi connectivity index (χ0n) is 13.3. The normalized spacial score (nSPS) is 17.9. The molecule has 1 N–H and O–H groups in total. The van der Waals surface area contributed by atoms with Gasteiger partial charge in [0, 0.05) is 23.4 Å². The second-order valence-electron chi connectivity index (χ2n) is 5.85. The fourth-order valence-electron chi connectivity index (χ4n) is 2.14. The molecule has 6 heteroatoms. The molecule has 1 atom stereocenters. The first-order valence-corrected chi connectivity index (χ1v) is 9.10. The molecule has 0 saturated carbocycles. The van der Waals surface area contributed by atoms with Crippen molar-refractivity contribution in [2.45, 2.75) is 19.9 Å². The van der Waals surface area contributed by atoms with E-state index in [9.17, 15) is 9.59 Å². The molecular weight excluding hydrogens is 332 g/mol. The van der Waals surface area contributed by atoms with Crippen LogP contribution in [-0.2, 0) is 9.59 Å². The van der Waals surface area contributed by atoms with E-state index in [1.54, 1.807) is 34.9 Å². The fourth-order valence-corrected chi connectivity index (χ4v) is 3.43. The summed E-state index contributed by atoms with van der Waals surface area (Å²) < 4.78 is 0. The number of thioether (sulfide) groups is 1. The summed E-state index contributed by atoms with van der Waals surface area (Å²) in [6, 6.07) is 6.86. The number of halogens is 1. The van der Waals surface area contributed by atoms with Crippen LogP contribution in [0.2, 0.25) is 5.02 Å². The van der Waals surface area contributed by atoms with Gasteiger partial charge in [0.2, 0.25) is 11.8 Å². The molecule has 0 aliphatic carbocycles. The third kappa shape index (κ3) is 5.29. The summed E-state index contributed by atoms with van der Waals surface area (Å²) in [7, 11) is 0. The number of hydrogen-bond donors (Lipinski definition) is 1. The smallest absolute Gasteiger partial charge is 0.247 e. The fraction of sp³-hybridized carbons (Fsp3) is 0.412. The summed E-state index contributed by atoms with van der Waals surface area (Å²) in [4.78, 5) is 26.2. The van der Waals surface area contributed by atoms with Crippen molar-refractivity contribution >= 4 is 41.3 Å². The van der Waals surface area contributed by atoms with E-state index >= 15 is 0 Å². The highest BCUT2D eigenvalue weighted by Crippen LogP contribution is 2.22. The van der Waals surface area contributed by atoms with Crippen molar-refractivity contribution in [3.05, 3.63) is 40.9 Å². The number of benzene rings is 1. The van der Waals surface area contributed by atoms with Crippen LogP contribution >= 0.6 is 23.4 Å². The van der Waals surface area contributed by atoms with Crippen molar-refractivity contribution in [3.63, 3.8) is 0 Å². The van der Waals surface area contributed by atoms with Gasteiger partial charge in [-0.25, -0.2) is 0 Å². The van der Waals surface area contributed by atoms with Crippen molar-refractivity contribution in [1.82, 2.24) is 10.2 Å². The number of amides is 2. The Morgan fingerprint density at radius 3 is 2.74 bits per heavy atom. The average molecular weight is 353 g/mol. The van der Waals surface area contributed by atoms with Crippen molar-refractivity contribution in [3.8, 4) is 0 Å². The van der Waals surface area contributed by atoms with Gasteiger partial charge in [-0.3, -0.25) is 9.59 Å². The molecule has 1 fully saturated rings. The first-order valence-electron chi connectivity index (χ1n) is 7.57. The number of carbonyl (C=O) groups is 2. The zero-order valence-corrected chi connectivity index (χ0v) is 14.9. The molecule has 124 valence electrons. The lowest BCUT2D eigenvalue weighted by molar-refractivity contribution is -0.134. The summed E-state index contributed by atoms with van der Waals surface area (Å²) >= 11 is 7.44. The Hall–Kier alpha value is -1.46. The minimum atomic E-state index is -0.388. The Morgan fingerprint density at radius 2 is 2.09 bits per heavy atom. The van der Waals surface area contributed by atoms with Crippen LogP contribution in [-0.4, -0.2) is 40.9 Å². The molecule has 1 unspecified atom stereocenters. The van der Waals surface area contributed by atoms with Crippen molar-refractivity contribution in [2.24, 2.45) is 5.92 Å². The van der Waals surface area contributed by atoms with Crippen molar-refractivity contribution < 1.29 is 9.59 Å². The quantitative estimate of drug-likeness (QED) is 0.829. The standard InChI is InChI=1S/C17H21ClN2O2S/c1-12(2)9-19-17(22)15-10-23-11-20(15)16(21)8-5-13-3-6-14(18)7-4-13/h3-8,12,15H,9-11H2,1-2H3,(H,19,22)/b8-5+. The van der Waals surface area contributed by atoms with E-state index in [0.717, 1.165) is 5.56 Å². The van der Waals surface area contributed by atoms with Gasteiger partial charge in [0.05, 0.1) is 5.88 Å². The van der Waals surface area contributed by atoms with E-state index in [4.69, 9.17) is 11.6 Å². The van der Waals surface area contributed by atoms with Crippen LogP contribution in [0, 0.1) is 5.92 Å². The highest BCUT2D eigenvalue weighted by molar-refractivity contribution is 7.99. The minimum absolute atomic E-state index is 0.0723. The lowest BCUT2D eigenvalue weighted by Crippen LogP contribution is -2.47. The van der Waals surface area contributed by atoms with Gasteiger partial charge >= 0.3 is 0 Å². The van der Waals surface area contributed by atoms with Crippen LogP contribution < -0.4 is 5.32 Å². The molecular formula is C17H21ClN2O2S. The van der Waals surface area contributed by atoms with E-state index < -0.39 is 0 Å². The molecule has 2 amide bonds. The van der Waals surface area contributed by atoms with Gasteiger partial charge in [0.25, 0.3) is 0 Å². The van der Waals surface area contributed by atoms with Crippen LogP contribution in [0.4, 0.5) is 0 Å². The maximum absolute atomic E-state index is 12.4. The van der Waals surface area contributed by atoms with Crippen LogP contribution in [0.25, 0.3) is 6.08 Å². The molecule has 1 heterocycles. The predicted molar refractivity (Wildman–Crippen MR) is 96.3 cm³/mol. The predicted octanol–water partition coefficient (Wildman–Crippen LogP) is 3.03. The third-order valence-corrected chi connectivity index (χ3v) is 4.71. The van der Waals surface area contributed by atoms with Crippen LogP contribution in [0.1, 0.15) is 19.4 Å². The molecule has 1 aliphatic rings. The van der Waals surface area contributed by atoms with Crippen LogP contribution in [0.5, 0.6) is 0 Å². The number of carbonyl (C=O) groups excluding carboxylic acids is 2. The first kappa shape index (κ1) is 17.9. The molecule has 1 aromatic carbocycles. The summed E-state index contributed by atoms with van der Waals surface area (Å²) in [5.41, 5.74) is 0.899. The Morgan fingerprint density at radius 1 is 1.39 bits per heavy atom. The first-order chi connectivity index (χ1) is 11.0. The zero-order chi connectivity index (χ0) is 16.8. The molecule has 1 aromatic rings. The second kappa shape index (κ2) is 8.41. The molecule has 0 radical (unpaired) electrons. The molecule has 1 aliphatic heterocycles. The molecule has 0 spiro atoms. The Kier molecular flexibility index (Phi) is 6.54. The maximum Gasteiger partial charge on any atom is 0.247 e. The topological polar surface area (TPSA) is 49.4 Å². The van der Waals surface area contributed by atoms with E-state index in [1.807, 2.05) is 26.0 Å². The number of nitrogens with one attached hydrogen (secondary N) is 1. The van der Waals surface area contributed by atoms with E-state index in [2.05, 4.69) is 5.32 Å². The summed E-state index contributed by atoms with van der Waals surface area (Å²) in [5.74, 6) is 1.36.